The molecule has 3 aromatic carbocycles. The molecule has 0 saturated heterocycles. The van der Waals surface area contributed by atoms with Crippen LogP contribution in [0.5, 0.6) is 11.5 Å². The Morgan fingerprint density at radius 3 is 2.61 bits per heavy atom. The van der Waals surface area contributed by atoms with Gasteiger partial charge < -0.3 is 20.9 Å². The second-order valence-corrected chi connectivity index (χ2v) is 7.94. The fraction of sp³-hybridized carbons (Fsp3) is 0.269. The fourth-order valence-corrected chi connectivity index (χ4v) is 3.47. The fourth-order valence-electron chi connectivity index (χ4n) is 3.47. The Labute approximate surface area is 192 Å². The molecule has 0 aliphatic carbocycles. The zero-order chi connectivity index (χ0) is 23.8. The van der Waals surface area contributed by atoms with Crippen LogP contribution in [0.3, 0.4) is 0 Å². The summed E-state index contributed by atoms with van der Waals surface area (Å²) in [6.07, 6.45) is 0.960. The normalized spacial score (nSPS) is 12.7. The SMILES string of the molecule is CCCCC(=O)NC(F)(Cc1cccc(N)c1F)c1cc(O)cc(OCc2ccccc2)c1. The summed E-state index contributed by atoms with van der Waals surface area (Å²) in [5.41, 5.74) is 6.36. The molecule has 33 heavy (non-hydrogen) atoms. The monoisotopic (exact) mass is 454 g/mol. The maximum Gasteiger partial charge on any atom is 0.222 e. The summed E-state index contributed by atoms with van der Waals surface area (Å²) in [6, 6.07) is 17.6. The van der Waals surface area contributed by atoms with E-state index in [0.29, 0.717) is 6.42 Å². The van der Waals surface area contributed by atoms with Crippen molar-refractivity contribution in [1.29, 1.82) is 0 Å². The molecule has 0 aliphatic heterocycles. The predicted molar refractivity (Wildman–Crippen MR) is 124 cm³/mol. The van der Waals surface area contributed by atoms with Crippen molar-refractivity contribution < 1.29 is 23.4 Å². The van der Waals surface area contributed by atoms with Gasteiger partial charge in [-0.05, 0) is 35.7 Å². The number of carbonyl (C=O) groups is 1. The number of amides is 1. The van der Waals surface area contributed by atoms with Gasteiger partial charge in [0.25, 0.3) is 0 Å². The lowest BCUT2D eigenvalue weighted by atomic mass is 9.94. The number of ether oxygens (including phenoxy) is 1. The van der Waals surface area contributed by atoms with E-state index in [0.717, 1.165) is 12.0 Å². The standard InChI is InChI=1S/C26H28F2N2O3/c1-2-3-12-24(32)30-26(28,16-19-10-7-11-23(29)25(19)27)20-13-21(31)15-22(14-20)33-17-18-8-5-4-6-9-18/h4-11,13-15,31H,2-3,12,16-17,29H2,1H3,(H,30,32). The third-order valence-electron chi connectivity index (χ3n) is 5.23. The summed E-state index contributed by atoms with van der Waals surface area (Å²) in [7, 11) is 0. The number of anilines is 1. The minimum Gasteiger partial charge on any atom is -0.508 e. The quantitative estimate of drug-likeness (QED) is 0.284. The van der Waals surface area contributed by atoms with Crippen molar-refractivity contribution in [2.45, 2.75) is 45.0 Å². The topological polar surface area (TPSA) is 84.6 Å². The van der Waals surface area contributed by atoms with Crippen LogP contribution in [0.1, 0.15) is 42.9 Å². The zero-order valence-electron chi connectivity index (χ0n) is 18.5. The number of nitrogen functional groups attached to an aromatic ring is 1. The minimum atomic E-state index is -2.50. The van der Waals surface area contributed by atoms with Crippen LogP contribution in [0.25, 0.3) is 0 Å². The van der Waals surface area contributed by atoms with Crippen molar-refractivity contribution in [3.8, 4) is 11.5 Å². The number of aromatic hydroxyl groups is 1. The average molecular weight is 455 g/mol. The van der Waals surface area contributed by atoms with Crippen LogP contribution >= 0.6 is 0 Å². The molecule has 0 fully saturated rings. The molecule has 3 rings (SSSR count). The molecule has 0 bridgehead atoms. The van der Waals surface area contributed by atoms with Gasteiger partial charge >= 0.3 is 0 Å². The third-order valence-corrected chi connectivity index (χ3v) is 5.23. The number of hydrogen-bond donors (Lipinski definition) is 3. The van der Waals surface area contributed by atoms with Crippen LogP contribution in [0.15, 0.2) is 66.7 Å². The van der Waals surface area contributed by atoms with Crippen LogP contribution in [0, 0.1) is 5.82 Å². The van der Waals surface area contributed by atoms with Gasteiger partial charge in [-0.2, -0.15) is 0 Å². The number of phenols is 1. The van der Waals surface area contributed by atoms with E-state index in [-0.39, 0.29) is 41.3 Å². The number of nitrogens with one attached hydrogen (secondary N) is 1. The lowest BCUT2D eigenvalue weighted by molar-refractivity contribution is -0.125. The first-order valence-electron chi connectivity index (χ1n) is 10.8. The maximum absolute atomic E-state index is 16.4. The molecular weight excluding hydrogens is 426 g/mol. The van der Waals surface area contributed by atoms with Gasteiger partial charge in [0.2, 0.25) is 11.7 Å². The van der Waals surface area contributed by atoms with Crippen LogP contribution in [-0.4, -0.2) is 11.0 Å². The van der Waals surface area contributed by atoms with Crippen molar-refractivity contribution in [3.63, 3.8) is 0 Å². The molecule has 0 saturated carbocycles. The van der Waals surface area contributed by atoms with E-state index < -0.39 is 23.9 Å². The number of alkyl halides is 1. The molecule has 3 aromatic rings. The van der Waals surface area contributed by atoms with Gasteiger partial charge in [-0.25, -0.2) is 8.78 Å². The summed E-state index contributed by atoms with van der Waals surface area (Å²) in [5, 5.41) is 12.6. The molecule has 0 aromatic heterocycles. The molecular formula is C26H28F2N2O3. The number of halogens is 2. The molecule has 1 amide bonds. The van der Waals surface area contributed by atoms with Gasteiger partial charge in [0.1, 0.15) is 23.9 Å². The van der Waals surface area contributed by atoms with E-state index in [1.165, 1.54) is 36.4 Å². The van der Waals surface area contributed by atoms with Crippen molar-refractivity contribution in [2.24, 2.45) is 0 Å². The van der Waals surface area contributed by atoms with E-state index in [9.17, 15) is 14.3 Å². The number of carbonyl (C=O) groups excluding carboxylic acids is 1. The highest BCUT2D eigenvalue weighted by Gasteiger charge is 2.36. The Balaban J connectivity index is 1.93. The third kappa shape index (κ3) is 6.44. The molecule has 4 N–H and O–H groups in total. The van der Waals surface area contributed by atoms with Crippen LogP contribution in [0.4, 0.5) is 14.5 Å². The maximum atomic E-state index is 16.4. The molecule has 174 valence electrons. The first kappa shape index (κ1) is 24.0. The highest BCUT2D eigenvalue weighted by Crippen LogP contribution is 2.35. The second-order valence-electron chi connectivity index (χ2n) is 7.94. The summed E-state index contributed by atoms with van der Waals surface area (Å²) < 4.78 is 36.7. The molecule has 0 spiro atoms. The van der Waals surface area contributed by atoms with E-state index in [4.69, 9.17) is 10.5 Å². The molecule has 0 heterocycles. The Morgan fingerprint density at radius 1 is 1.12 bits per heavy atom. The van der Waals surface area contributed by atoms with Crippen molar-refractivity contribution >= 4 is 11.6 Å². The van der Waals surface area contributed by atoms with E-state index in [1.54, 1.807) is 0 Å². The molecule has 5 nitrogen and oxygen atoms in total. The number of hydrogen-bond acceptors (Lipinski definition) is 4. The van der Waals surface area contributed by atoms with Crippen molar-refractivity contribution in [1.82, 2.24) is 5.32 Å². The van der Waals surface area contributed by atoms with Gasteiger partial charge in [-0.15, -0.1) is 0 Å². The van der Waals surface area contributed by atoms with Gasteiger partial charge in [-0.3, -0.25) is 4.79 Å². The van der Waals surface area contributed by atoms with E-state index in [2.05, 4.69) is 5.32 Å². The number of unbranched alkanes of at least 4 members (excludes halogenated alkanes) is 1. The molecule has 0 radical (unpaired) electrons. The number of phenolic OH excluding ortho intramolecular Hbond substituents is 1. The van der Waals surface area contributed by atoms with Crippen LogP contribution in [-0.2, 0) is 23.6 Å². The van der Waals surface area contributed by atoms with Crippen molar-refractivity contribution in [3.05, 3.63) is 89.2 Å². The average Bonchev–Trinajstić information content (AvgIpc) is 2.79. The van der Waals surface area contributed by atoms with Crippen LogP contribution in [0.2, 0.25) is 0 Å². The van der Waals surface area contributed by atoms with Gasteiger partial charge in [0.15, 0.2) is 0 Å². The Hall–Kier alpha value is -3.61. The van der Waals surface area contributed by atoms with E-state index >= 15 is 4.39 Å². The van der Waals surface area contributed by atoms with Gasteiger partial charge in [0, 0.05) is 24.5 Å². The number of nitrogens with two attached hydrogens (primary N) is 1. The second kappa shape index (κ2) is 10.8. The molecule has 7 heteroatoms. The van der Waals surface area contributed by atoms with Crippen LogP contribution < -0.4 is 15.8 Å². The smallest absolute Gasteiger partial charge is 0.222 e. The van der Waals surface area contributed by atoms with Gasteiger partial charge in [-0.1, -0.05) is 55.8 Å². The number of benzene rings is 3. The first-order valence-corrected chi connectivity index (χ1v) is 10.8. The van der Waals surface area contributed by atoms with Gasteiger partial charge in [0.05, 0.1) is 5.69 Å². The van der Waals surface area contributed by atoms with Crippen molar-refractivity contribution in [2.75, 3.05) is 5.73 Å². The highest BCUT2D eigenvalue weighted by molar-refractivity contribution is 5.77. The number of rotatable bonds is 10. The first-order chi connectivity index (χ1) is 15.8. The lowest BCUT2D eigenvalue weighted by Crippen LogP contribution is -2.44. The Morgan fingerprint density at radius 2 is 1.88 bits per heavy atom. The zero-order valence-corrected chi connectivity index (χ0v) is 18.5. The van der Waals surface area contributed by atoms with E-state index in [1.807, 2.05) is 37.3 Å². The Kier molecular flexibility index (Phi) is 7.87. The highest BCUT2D eigenvalue weighted by atomic mass is 19.1. The Bertz CT molecular complexity index is 1090. The summed E-state index contributed by atoms with van der Waals surface area (Å²) >= 11 is 0. The largest absolute Gasteiger partial charge is 0.508 e. The predicted octanol–water partition coefficient (Wildman–Crippen LogP) is 5.36. The molecule has 1 unspecified atom stereocenters. The summed E-state index contributed by atoms with van der Waals surface area (Å²) in [4.78, 5) is 12.5. The molecule has 1 atom stereocenters. The summed E-state index contributed by atoms with van der Waals surface area (Å²) in [6.45, 7) is 2.12. The minimum absolute atomic E-state index is 0.00314. The summed E-state index contributed by atoms with van der Waals surface area (Å²) in [5.74, 6) is -3.79. The lowest BCUT2D eigenvalue weighted by Gasteiger charge is -2.28. The molecule has 0 aliphatic rings.